The molecule has 0 amide bonds. The Morgan fingerprint density at radius 2 is 2.07 bits per heavy atom. The van der Waals surface area contributed by atoms with Gasteiger partial charge in [0.05, 0.1) is 12.2 Å². The third kappa shape index (κ3) is 3.76. The molecule has 0 radical (unpaired) electrons. The molecule has 0 atom stereocenters. The first-order valence-corrected chi connectivity index (χ1v) is 5.48. The van der Waals surface area contributed by atoms with Gasteiger partial charge in [-0.25, -0.2) is 0 Å². The fourth-order valence-corrected chi connectivity index (χ4v) is 1.65. The van der Waals surface area contributed by atoms with Gasteiger partial charge < -0.3 is 9.84 Å². The second-order valence-corrected chi connectivity index (χ2v) is 4.17. The van der Waals surface area contributed by atoms with Gasteiger partial charge in [-0.15, -0.1) is 0 Å². The molecule has 0 aromatic rings. The number of rotatable bonds is 5. The Morgan fingerprint density at radius 3 is 2.64 bits per heavy atom. The number of Topliss-reactive ketones (excluding diaryl/α,β-unsaturated/α-hetero) is 1. The summed E-state index contributed by atoms with van der Waals surface area (Å²) in [7, 11) is 0. The van der Waals surface area contributed by atoms with Crippen LogP contribution in [0.4, 0.5) is 0 Å². The van der Waals surface area contributed by atoms with E-state index in [1.54, 1.807) is 0 Å². The van der Waals surface area contributed by atoms with E-state index in [1.165, 1.54) is 0 Å². The molecule has 14 heavy (non-hydrogen) atoms. The Labute approximate surface area is 85.5 Å². The zero-order chi connectivity index (χ0) is 10.4. The van der Waals surface area contributed by atoms with Crippen molar-refractivity contribution in [3.05, 3.63) is 0 Å². The number of carbonyl (C=O) groups excluding carboxylic acids is 1. The van der Waals surface area contributed by atoms with Crippen molar-refractivity contribution in [3.63, 3.8) is 0 Å². The van der Waals surface area contributed by atoms with Crippen LogP contribution in [0.1, 0.15) is 45.4 Å². The summed E-state index contributed by atoms with van der Waals surface area (Å²) in [6.07, 6.45) is 4.29. The number of carbonyl (C=O) groups is 1. The number of ether oxygens (including phenoxy) is 1. The lowest BCUT2D eigenvalue weighted by atomic mass is 9.85. The quantitative estimate of drug-likeness (QED) is 0.687. The molecule has 3 nitrogen and oxygen atoms in total. The Morgan fingerprint density at radius 1 is 1.43 bits per heavy atom. The average molecular weight is 200 g/mol. The summed E-state index contributed by atoms with van der Waals surface area (Å²) in [6.45, 7) is 3.21. The second-order valence-electron chi connectivity index (χ2n) is 4.17. The highest BCUT2D eigenvalue weighted by molar-refractivity contribution is 5.79. The molecule has 0 aliphatic heterocycles. The van der Waals surface area contributed by atoms with Gasteiger partial charge in [0.1, 0.15) is 5.78 Å². The first kappa shape index (κ1) is 11.7. The molecule has 1 fully saturated rings. The van der Waals surface area contributed by atoms with Gasteiger partial charge in [0, 0.05) is 19.4 Å². The van der Waals surface area contributed by atoms with Crippen LogP contribution in [0, 0.1) is 0 Å². The molecule has 82 valence electrons. The third-order valence-corrected chi connectivity index (χ3v) is 2.75. The molecule has 0 spiro atoms. The van der Waals surface area contributed by atoms with Crippen LogP contribution >= 0.6 is 0 Å². The summed E-state index contributed by atoms with van der Waals surface area (Å²) in [5.41, 5.74) is -0.734. The van der Waals surface area contributed by atoms with E-state index >= 15 is 0 Å². The molecule has 3 heteroatoms. The molecule has 0 aromatic carbocycles. The van der Waals surface area contributed by atoms with Crippen molar-refractivity contribution in [1.82, 2.24) is 0 Å². The minimum atomic E-state index is -0.734. The molecule has 0 aromatic heterocycles. The van der Waals surface area contributed by atoms with Crippen LogP contribution in [-0.4, -0.2) is 29.7 Å². The van der Waals surface area contributed by atoms with Crippen molar-refractivity contribution < 1.29 is 14.6 Å². The van der Waals surface area contributed by atoms with E-state index < -0.39 is 5.60 Å². The fraction of sp³-hybridized carbons (Fsp3) is 0.909. The summed E-state index contributed by atoms with van der Waals surface area (Å²) < 4.78 is 5.39. The SMILES string of the molecule is CCCCOCC1(O)CCC(=O)CC1. The second kappa shape index (κ2) is 5.47. The topological polar surface area (TPSA) is 46.5 Å². The van der Waals surface area contributed by atoms with Gasteiger partial charge in [0.2, 0.25) is 0 Å². The maximum atomic E-state index is 11.0. The summed E-state index contributed by atoms with van der Waals surface area (Å²) in [4.78, 5) is 11.0. The molecule has 1 aliphatic carbocycles. The lowest BCUT2D eigenvalue weighted by molar-refractivity contribution is -0.129. The normalized spacial score (nSPS) is 21.1. The number of hydrogen-bond donors (Lipinski definition) is 1. The smallest absolute Gasteiger partial charge is 0.133 e. The molecule has 0 bridgehead atoms. The molecule has 0 saturated heterocycles. The minimum Gasteiger partial charge on any atom is -0.387 e. The van der Waals surface area contributed by atoms with E-state index in [0.717, 1.165) is 12.8 Å². The van der Waals surface area contributed by atoms with Crippen molar-refractivity contribution in [2.45, 2.75) is 51.0 Å². The number of ketones is 1. The van der Waals surface area contributed by atoms with Crippen LogP contribution < -0.4 is 0 Å². The standard InChI is InChI=1S/C11H20O3/c1-2-3-8-14-9-11(13)6-4-10(12)5-7-11/h13H,2-9H2,1H3. The maximum absolute atomic E-state index is 11.0. The van der Waals surface area contributed by atoms with Crippen molar-refractivity contribution in [2.24, 2.45) is 0 Å². The Hall–Kier alpha value is -0.410. The van der Waals surface area contributed by atoms with Crippen LogP contribution in [-0.2, 0) is 9.53 Å². The zero-order valence-corrected chi connectivity index (χ0v) is 8.92. The highest BCUT2D eigenvalue weighted by atomic mass is 16.5. The average Bonchev–Trinajstić information content (AvgIpc) is 2.18. The van der Waals surface area contributed by atoms with Gasteiger partial charge in [0.15, 0.2) is 0 Å². The van der Waals surface area contributed by atoms with E-state index in [4.69, 9.17) is 4.74 Å². The molecular formula is C11H20O3. The zero-order valence-electron chi connectivity index (χ0n) is 8.92. The maximum Gasteiger partial charge on any atom is 0.133 e. The van der Waals surface area contributed by atoms with Crippen LogP contribution in [0.2, 0.25) is 0 Å². The molecule has 0 unspecified atom stereocenters. The lowest BCUT2D eigenvalue weighted by Crippen LogP contribution is -2.39. The number of unbranched alkanes of at least 4 members (excludes halogenated alkanes) is 1. The van der Waals surface area contributed by atoms with E-state index in [-0.39, 0.29) is 5.78 Å². The van der Waals surface area contributed by atoms with Crippen molar-refractivity contribution in [2.75, 3.05) is 13.2 Å². The predicted molar refractivity (Wildman–Crippen MR) is 54.2 cm³/mol. The first-order chi connectivity index (χ1) is 6.66. The highest BCUT2D eigenvalue weighted by Gasteiger charge is 2.32. The molecule has 1 aliphatic rings. The lowest BCUT2D eigenvalue weighted by Gasteiger charge is -2.30. The van der Waals surface area contributed by atoms with Crippen molar-refractivity contribution in [1.29, 1.82) is 0 Å². The van der Waals surface area contributed by atoms with E-state index in [0.29, 0.717) is 38.9 Å². The Balaban J connectivity index is 2.18. The van der Waals surface area contributed by atoms with Crippen molar-refractivity contribution in [3.8, 4) is 0 Å². The van der Waals surface area contributed by atoms with Crippen LogP contribution in [0.3, 0.4) is 0 Å². The molecule has 1 saturated carbocycles. The van der Waals surface area contributed by atoms with Gasteiger partial charge >= 0.3 is 0 Å². The summed E-state index contributed by atoms with van der Waals surface area (Å²) in [5, 5.41) is 10.0. The molecular weight excluding hydrogens is 180 g/mol. The van der Waals surface area contributed by atoms with Crippen LogP contribution in [0.15, 0.2) is 0 Å². The largest absolute Gasteiger partial charge is 0.387 e. The number of aliphatic hydroxyl groups is 1. The van der Waals surface area contributed by atoms with Gasteiger partial charge in [0.25, 0.3) is 0 Å². The van der Waals surface area contributed by atoms with Crippen molar-refractivity contribution >= 4 is 5.78 Å². The monoisotopic (exact) mass is 200 g/mol. The third-order valence-electron chi connectivity index (χ3n) is 2.75. The fourth-order valence-electron chi connectivity index (χ4n) is 1.65. The van der Waals surface area contributed by atoms with E-state index in [2.05, 4.69) is 6.92 Å². The Bertz CT molecular complexity index is 179. The molecule has 1 N–H and O–H groups in total. The van der Waals surface area contributed by atoms with Gasteiger partial charge in [-0.3, -0.25) is 4.79 Å². The summed E-state index contributed by atoms with van der Waals surface area (Å²) in [5.74, 6) is 0.267. The van der Waals surface area contributed by atoms with Gasteiger partial charge in [-0.2, -0.15) is 0 Å². The highest BCUT2D eigenvalue weighted by Crippen LogP contribution is 2.26. The molecule has 1 rings (SSSR count). The predicted octanol–water partition coefficient (Wildman–Crippen LogP) is 1.68. The van der Waals surface area contributed by atoms with E-state index in [9.17, 15) is 9.90 Å². The Kier molecular flexibility index (Phi) is 4.55. The van der Waals surface area contributed by atoms with Gasteiger partial charge in [-0.1, -0.05) is 13.3 Å². The first-order valence-electron chi connectivity index (χ1n) is 5.48. The molecule has 0 heterocycles. The summed E-state index contributed by atoms with van der Waals surface area (Å²) in [6, 6.07) is 0. The van der Waals surface area contributed by atoms with E-state index in [1.807, 2.05) is 0 Å². The van der Waals surface area contributed by atoms with Crippen LogP contribution in [0.25, 0.3) is 0 Å². The number of hydrogen-bond acceptors (Lipinski definition) is 3. The van der Waals surface area contributed by atoms with Crippen LogP contribution in [0.5, 0.6) is 0 Å². The minimum absolute atomic E-state index is 0.267. The van der Waals surface area contributed by atoms with Gasteiger partial charge in [-0.05, 0) is 19.3 Å². The summed E-state index contributed by atoms with van der Waals surface area (Å²) >= 11 is 0.